The molecule has 8 nitrogen and oxygen atoms in total. The summed E-state index contributed by atoms with van der Waals surface area (Å²) in [7, 11) is -6.00. The van der Waals surface area contributed by atoms with E-state index in [4.69, 9.17) is 0 Å². The van der Waals surface area contributed by atoms with Crippen LogP contribution in [0, 0.1) is 0 Å². The van der Waals surface area contributed by atoms with E-state index in [1.807, 2.05) is 6.92 Å². The van der Waals surface area contributed by atoms with Crippen molar-refractivity contribution in [1.29, 1.82) is 0 Å². The van der Waals surface area contributed by atoms with Crippen molar-refractivity contribution in [3.63, 3.8) is 0 Å². The summed E-state index contributed by atoms with van der Waals surface area (Å²) in [5, 5.41) is 3.00. The molecule has 3 N–H and O–H groups in total. The van der Waals surface area contributed by atoms with Gasteiger partial charge in [0.1, 0.15) is 4.90 Å². The van der Waals surface area contributed by atoms with E-state index in [1.165, 1.54) is 19.4 Å². The summed E-state index contributed by atoms with van der Waals surface area (Å²) in [4.78, 5) is 3.80. The highest BCUT2D eigenvalue weighted by Crippen LogP contribution is 2.19. The molecule has 0 aliphatic heterocycles. The minimum absolute atomic E-state index is 0.000283. The Bertz CT molecular complexity index is 659. The van der Waals surface area contributed by atoms with E-state index in [9.17, 15) is 16.8 Å². The van der Waals surface area contributed by atoms with E-state index in [0.29, 0.717) is 12.2 Å². The number of nitrogens with one attached hydrogen (secondary N) is 3. The predicted molar refractivity (Wildman–Crippen MR) is 81.1 cm³/mol. The number of rotatable bonds is 9. The zero-order valence-electron chi connectivity index (χ0n) is 12.0. The van der Waals surface area contributed by atoms with Crippen LogP contribution in [0.1, 0.15) is 13.3 Å². The highest BCUT2D eigenvalue weighted by atomic mass is 32.2. The average Bonchev–Trinajstić information content (AvgIpc) is 2.45. The zero-order chi connectivity index (χ0) is 15.9. The molecule has 0 saturated carbocycles. The van der Waals surface area contributed by atoms with Crippen molar-refractivity contribution in [3.05, 3.63) is 18.5 Å². The summed E-state index contributed by atoms with van der Waals surface area (Å²) in [6, 6.07) is 1.56. The lowest BCUT2D eigenvalue weighted by molar-refractivity contribution is 0.578. The number of hydrogen-bond donors (Lipinski definition) is 3. The molecule has 0 spiro atoms. The molecule has 0 atom stereocenters. The van der Waals surface area contributed by atoms with Crippen LogP contribution in [0.15, 0.2) is 23.4 Å². The number of nitrogens with zero attached hydrogens (tertiary/aromatic N) is 1. The number of sulfonamides is 2. The minimum atomic E-state index is -3.82. The number of aromatic nitrogens is 1. The monoisotopic (exact) mass is 336 g/mol. The normalized spacial score (nSPS) is 12.3. The van der Waals surface area contributed by atoms with Crippen molar-refractivity contribution in [1.82, 2.24) is 14.4 Å². The lowest BCUT2D eigenvalue weighted by atomic mass is 10.4. The average molecular weight is 336 g/mol. The summed E-state index contributed by atoms with van der Waals surface area (Å²) in [5.74, 6) is -0.333. The van der Waals surface area contributed by atoms with E-state index < -0.39 is 20.0 Å². The standard InChI is InChI=1S/C11H20N4O4S2/c1-3-5-14-10-4-6-13-9-11(10)21(18,19)15-7-8-20(16,17)12-2/h4,6,9,12,15H,3,5,7-8H2,1-2H3,(H,13,14). The van der Waals surface area contributed by atoms with Crippen LogP contribution in [-0.4, -0.2) is 47.7 Å². The Labute approximate surface area is 125 Å². The Morgan fingerprint density at radius 2 is 1.90 bits per heavy atom. The molecule has 0 fully saturated rings. The minimum Gasteiger partial charge on any atom is -0.384 e. The third-order valence-corrected chi connectivity index (χ3v) is 5.47. The van der Waals surface area contributed by atoms with Gasteiger partial charge in [0.2, 0.25) is 20.0 Å². The van der Waals surface area contributed by atoms with Gasteiger partial charge in [-0.1, -0.05) is 6.92 Å². The largest absolute Gasteiger partial charge is 0.384 e. The summed E-state index contributed by atoms with van der Waals surface area (Å²) in [6.07, 6.45) is 3.56. The highest BCUT2D eigenvalue weighted by molar-refractivity contribution is 7.90. The Balaban J connectivity index is 2.83. The van der Waals surface area contributed by atoms with Crippen molar-refractivity contribution in [2.45, 2.75) is 18.2 Å². The molecule has 1 rings (SSSR count). The van der Waals surface area contributed by atoms with Crippen LogP contribution in [0.2, 0.25) is 0 Å². The molecule has 21 heavy (non-hydrogen) atoms. The SMILES string of the molecule is CCCNc1ccncc1S(=O)(=O)NCCS(=O)(=O)NC. The molecule has 120 valence electrons. The van der Waals surface area contributed by atoms with Gasteiger partial charge in [0, 0.05) is 25.5 Å². The molecule has 0 aliphatic rings. The first-order chi connectivity index (χ1) is 9.82. The van der Waals surface area contributed by atoms with E-state index in [-0.39, 0.29) is 17.2 Å². The van der Waals surface area contributed by atoms with Gasteiger partial charge in [-0.2, -0.15) is 0 Å². The molecule has 0 radical (unpaired) electrons. The summed E-state index contributed by atoms with van der Waals surface area (Å²) in [6.45, 7) is 2.37. The van der Waals surface area contributed by atoms with Crippen LogP contribution in [0.3, 0.4) is 0 Å². The maximum atomic E-state index is 12.2. The van der Waals surface area contributed by atoms with Crippen LogP contribution in [0.4, 0.5) is 5.69 Å². The van der Waals surface area contributed by atoms with Gasteiger partial charge >= 0.3 is 0 Å². The highest BCUT2D eigenvalue weighted by Gasteiger charge is 2.19. The van der Waals surface area contributed by atoms with Gasteiger partial charge in [-0.05, 0) is 19.5 Å². The van der Waals surface area contributed by atoms with E-state index in [0.717, 1.165) is 6.42 Å². The number of anilines is 1. The van der Waals surface area contributed by atoms with Crippen molar-refractivity contribution in [2.75, 3.05) is 31.2 Å². The van der Waals surface area contributed by atoms with Crippen LogP contribution in [0.5, 0.6) is 0 Å². The van der Waals surface area contributed by atoms with Crippen molar-refractivity contribution >= 4 is 25.7 Å². The first kappa shape index (κ1) is 17.8. The molecule has 0 saturated heterocycles. The van der Waals surface area contributed by atoms with Gasteiger partial charge < -0.3 is 5.32 Å². The second kappa shape index (κ2) is 7.69. The Kier molecular flexibility index (Phi) is 6.52. The second-order valence-corrected chi connectivity index (χ2v) is 8.00. The molecule has 0 aromatic carbocycles. The van der Waals surface area contributed by atoms with Crippen LogP contribution in [0.25, 0.3) is 0 Å². The van der Waals surface area contributed by atoms with Crippen molar-refractivity contribution < 1.29 is 16.8 Å². The molecule has 0 bridgehead atoms. The molecular formula is C11H20N4O4S2. The number of hydrogen-bond acceptors (Lipinski definition) is 6. The first-order valence-corrected chi connectivity index (χ1v) is 9.54. The Morgan fingerprint density at radius 1 is 1.19 bits per heavy atom. The fourth-order valence-corrected chi connectivity index (χ4v) is 3.35. The van der Waals surface area contributed by atoms with E-state index in [1.54, 1.807) is 6.07 Å². The van der Waals surface area contributed by atoms with Gasteiger partial charge in [0.25, 0.3) is 0 Å². The molecule has 0 amide bonds. The van der Waals surface area contributed by atoms with Crippen molar-refractivity contribution in [3.8, 4) is 0 Å². The van der Waals surface area contributed by atoms with Gasteiger partial charge in [-0.15, -0.1) is 0 Å². The Morgan fingerprint density at radius 3 is 2.52 bits per heavy atom. The topological polar surface area (TPSA) is 117 Å². The number of pyridine rings is 1. The van der Waals surface area contributed by atoms with Crippen LogP contribution in [-0.2, 0) is 20.0 Å². The maximum absolute atomic E-state index is 12.2. The molecule has 1 aromatic heterocycles. The van der Waals surface area contributed by atoms with E-state index >= 15 is 0 Å². The van der Waals surface area contributed by atoms with Gasteiger partial charge in [-0.3, -0.25) is 4.98 Å². The summed E-state index contributed by atoms with van der Waals surface area (Å²) >= 11 is 0. The fourth-order valence-electron chi connectivity index (χ4n) is 1.49. The molecule has 1 aromatic rings. The van der Waals surface area contributed by atoms with Gasteiger partial charge in [0.05, 0.1) is 11.4 Å². The third kappa shape index (κ3) is 5.58. The molecule has 0 aliphatic carbocycles. The smallest absolute Gasteiger partial charge is 0.244 e. The zero-order valence-corrected chi connectivity index (χ0v) is 13.6. The summed E-state index contributed by atoms with van der Waals surface area (Å²) in [5.41, 5.74) is 0.441. The molecule has 0 unspecified atom stereocenters. The lowest BCUT2D eigenvalue weighted by Gasteiger charge is -2.12. The second-order valence-electron chi connectivity index (χ2n) is 4.22. The molecule has 1 heterocycles. The third-order valence-electron chi connectivity index (χ3n) is 2.61. The quantitative estimate of drug-likeness (QED) is 0.571. The predicted octanol–water partition coefficient (Wildman–Crippen LogP) is -0.269. The van der Waals surface area contributed by atoms with Gasteiger partial charge in [0.15, 0.2) is 0 Å². The Hall–Kier alpha value is -1.23. The van der Waals surface area contributed by atoms with Gasteiger partial charge in [-0.25, -0.2) is 26.3 Å². The first-order valence-electron chi connectivity index (χ1n) is 6.41. The van der Waals surface area contributed by atoms with Crippen molar-refractivity contribution in [2.24, 2.45) is 0 Å². The van der Waals surface area contributed by atoms with Crippen LogP contribution >= 0.6 is 0 Å². The lowest BCUT2D eigenvalue weighted by Crippen LogP contribution is -2.33. The fraction of sp³-hybridized carbons (Fsp3) is 0.545. The maximum Gasteiger partial charge on any atom is 0.244 e. The van der Waals surface area contributed by atoms with Crippen LogP contribution < -0.4 is 14.8 Å². The molecule has 10 heteroatoms. The molecular weight excluding hydrogens is 316 g/mol. The van der Waals surface area contributed by atoms with E-state index in [2.05, 4.69) is 19.7 Å². The summed E-state index contributed by atoms with van der Waals surface area (Å²) < 4.78 is 51.3.